The molecular weight excluding hydrogens is 290 g/mol. The van der Waals surface area contributed by atoms with Crippen molar-refractivity contribution >= 4 is 10.9 Å². The molecule has 1 saturated heterocycles. The molecule has 5 nitrogen and oxygen atoms in total. The zero-order valence-corrected chi connectivity index (χ0v) is 13.7. The van der Waals surface area contributed by atoms with E-state index in [9.17, 15) is 5.11 Å². The first-order valence-electron chi connectivity index (χ1n) is 8.35. The van der Waals surface area contributed by atoms with Gasteiger partial charge in [0.1, 0.15) is 24.0 Å². The minimum atomic E-state index is -0.484. The number of aromatic nitrogens is 1. The van der Waals surface area contributed by atoms with Gasteiger partial charge in [-0.3, -0.25) is 9.88 Å². The minimum absolute atomic E-state index is 0.295. The van der Waals surface area contributed by atoms with Gasteiger partial charge in [0.2, 0.25) is 0 Å². The summed E-state index contributed by atoms with van der Waals surface area (Å²) in [7, 11) is 0. The standard InChI is InChI=1S/C18H25N3O2/c1-2-20-9-11-21(12-10-20)13-16(22)14-23-17-7-3-5-15-6-4-8-19-18(15)17/h3-8,16,22H,2,9-14H2,1H3. The van der Waals surface area contributed by atoms with E-state index in [0.717, 1.165) is 49.4 Å². The molecule has 1 aliphatic heterocycles. The lowest BCUT2D eigenvalue weighted by Crippen LogP contribution is -2.49. The maximum absolute atomic E-state index is 10.3. The van der Waals surface area contributed by atoms with Crippen molar-refractivity contribution in [3.8, 4) is 5.75 Å². The van der Waals surface area contributed by atoms with Crippen LogP contribution in [0.2, 0.25) is 0 Å². The van der Waals surface area contributed by atoms with E-state index in [2.05, 4.69) is 21.7 Å². The number of aliphatic hydroxyl groups is 1. The van der Waals surface area contributed by atoms with Gasteiger partial charge in [-0.25, -0.2) is 0 Å². The number of para-hydroxylation sites is 1. The van der Waals surface area contributed by atoms with Crippen molar-refractivity contribution in [1.82, 2.24) is 14.8 Å². The molecule has 1 fully saturated rings. The summed E-state index contributed by atoms with van der Waals surface area (Å²) in [6, 6.07) is 9.80. The maximum Gasteiger partial charge on any atom is 0.145 e. The van der Waals surface area contributed by atoms with Crippen LogP contribution in [-0.2, 0) is 0 Å². The predicted octanol–water partition coefficient (Wildman–Crippen LogP) is 1.61. The van der Waals surface area contributed by atoms with Crippen molar-refractivity contribution in [3.63, 3.8) is 0 Å². The molecule has 1 aromatic carbocycles. The highest BCUT2D eigenvalue weighted by molar-refractivity contribution is 5.84. The first-order chi connectivity index (χ1) is 11.3. The summed E-state index contributed by atoms with van der Waals surface area (Å²) in [6.45, 7) is 8.44. The number of hydrogen-bond donors (Lipinski definition) is 1. The molecule has 1 N–H and O–H groups in total. The Balaban J connectivity index is 1.51. The van der Waals surface area contributed by atoms with Gasteiger partial charge >= 0.3 is 0 Å². The normalized spacial score (nSPS) is 18.2. The van der Waals surface area contributed by atoms with E-state index in [1.807, 2.05) is 30.3 Å². The lowest BCUT2D eigenvalue weighted by Gasteiger charge is -2.34. The Hall–Kier alpha value is -1.69. The van der Waals surface area contributed by atoms with Gasteiger partial charge in [0.15, 0.2) is 0 Å². The van der Waals surface area contributed by atoms with Gasteiger partial charge in [0.05, 0.1) is 0 Å². The van der Waals surface area contributed by atoms with Crippen molar-refractivity contribution < 1.29 is 9.84 Å². The van der Waals surface area contributed by atoms with Crippen LogP contribution in [0, 0.1) is 0 Å². The molecule has 1 aliphatic rings. The number of benzene rings is 1. The number of fused-ring (bicyclic) bond motifs is 1. The Morgan fingerprint density at radius 3 is 2.65 bits per heavy atom. The summed E-state index contributed by atoms with van der Waals surface area (Å²) in [5.74, 6) is 0.734. The SMILES string of the molecule is CCN1CCN(CC(O)COc2cccc3cccnc23)CC1. The Labute approximate surface area is 137 Å². The quantitative estimate of drug-likeness (QED) is 0.878. The largest absolute Gasteiger partial charge is 0.489 e. The fraction of sp³-hybridized carbons (Fsp3) is 0.500. The number of β-amino-alcohol motifs (C(OH)–C–C–N with tert-alkyl or cyclic N) is 1. The molecule has 1 aromatic heterocycles. The van der Waals surface area contributed by atoms with Gasteiger partial charge in [-0.05, 0) is 18.7 Å². The lowest BCUT2D eigenvalue weighted by atomic mass is 10.2. The summed E-state index contributed by atoms with van der Waals surface area (Å²) >= 11 is 0. The molecule has 3 rings (SSSR count). The molecule has 0 amide bonds. The van der Waals surface area contributed by atoms with Crippen molar-refractivity contribution in [2.75, 3.05) is 45.9 Å². The number of nitrogens with zero attached hydrogens (tertiary/aromatic N) is 3. The van der Waals surface area contributed by atoms with Gasteiger partial charge in [-0.15, -0.1) is 0 Å². The van der Waals surface area contributed by atoms with E-state index in [-0.39, 0.29) is 0 Å². The summed E-state index contributed by atoms with van der Waals surface area (Å²) in [4.78, 5) is 9.11. The number of rotatable bonds is 6. The van der Waals surface area contributed by atoms with Crippen molar-refractivity contribution in [3.05, 3.63) is 36.5 Å². The van der Waals surface area contributed by atoms with Gasteiger partial charge in [0.25, 0.3) is 0 Å². The van der Waals surface area contributed by atoms with Crippen LogP contribution in [0.15, 0.2) is 36.5 Å². The van der Waals surface area contributed by atoms with E-state index in [4.69, 9.17) is 4.74 Å². The first-order valence-corrected chi connectivity index (χ1v) is 8.35. The lowest BCUT2D eigenvalue weighted by molar-refractivity contribution is 0.0474. The third kappa shape index (κ3) is 4.19. The van der Waals surface area contributed by atoms with E-state index < -0.39 is 6.10 Å². The molecule has 1 unspecified atom stereocenters. The molecule has 0 aliphatic carbocycles. The maximum atomic E-state index is 10.3. The number of piperazine rings is 1. The van der Waals surface area contributed by atoms with E-state index in [0.29, 0.717) is 13.2 Å². The van der Waals surface area contributed by atoms with Crippen LogP contribution in [0.25, 0.3) is 10.9 Å². The molecule has 0 saturated carbocycles. The van der Waals surface area contributed by atoms with Crippen LogP contribution in [-0.4, -0.2) is 71.9 Å². The molecule has 0 bridgehead atoms. The summed E-state index contributed by atoms with van der Waals surface area (Å²) in [6.07, 6.45) is 1.28. The minimum Gasteiger partial charge on any atom is -0.489 e. The van der Waals surface area contributed by atoms with Crippen LogP contribution in [0.1, 0.15) is 6.92 Å². The molecule has 5 heteroatoms. The monoisotopic (exact) mass is 315 g/mol. The Bertz CT molecular complexity index is 621. The van der Waals surface area contributed by atoms with Crippen LogP contribution in [0.5, 0.6) is 5.75 Å². The average molecular weight is 315 g/mol. The number of likely N-dealkylation sites (N-methyl/N-ethyl adjacent to an activating group) is 1. The highest BCUT2D eigenvalue weighted by atomic mass is 16.5. The molecule has 23 heavy (non-hydrogen) atoms. The summed E-state index contributed by atoms with van der Waals surface area (Å²) < 4.78 is 5.82. The zero-order chi connectivity index (χ0) is 16.1. The van der Waals surface area contributed by atoms with E-state index >= 15 is 0 Å². The van der Waals surface area contributed by atoms with Crippen LogP contribution in [0.3, 0.4) is 0 Å². The van der Waals surface area contributed by atoms with Crippen molar-refractivity contribution in [1.29, 1.82) is 0 Å². The zero-order valence-electron chi connectivity index (χ0n) is 13.7. The van der Waals surface area contributed by atoms with E-state index in [1.54, 1.807) is 6.20 Å². The molecule has 0 spiro atoms. The second-order valence-electron chi connectivity index (χ2n) is 6.03. The topological polar surface area (TPSA) is 48.8 Å². The number of pyridine rings is 1. The van der Waals surface area contributed by atoms with E-state index in [1.165, 1.54) is 0 Å². The molecule has 1 atom stereocenters. The molecule has 2 heterocycles. The fourth-order valence-corrected chi connectivity index (χ4v) is 3.02. The van der Waals surface area contributed by atoms with Gasteiger partial charge < -0.3 is 14.7 Å². The van der Waals surface area contributed by atoms with Gasteiger partial charge in [-0.1, -0.05) is 25.1 Å². The fourth-order valence-electron chi connectivity index (χ4n) is 3.02. The smallest absolute Gasteiger partial charge is 0.145 e. The number of hydrogen-bond acceptors (Lipinski definition) is 5. The number of ether oxygens (including phenoxy) is 1. The Kier molecular flexibility index (Phi) is 5.43. The molecule has 0 radical (unpaired) electrons. The van der Waals surface area contributed by atoms with Crippen molar-refractivity contribution in [2.45, 2.75) is 13.0 Å². The average Bonchev–Trinajstić information content (AvgIpc) is 2.60. The second kappa shape index (κ2) is 7.73. The summed E-state index contributed by atoms with van der Waals surface area (Å²) in [5.41, 5.74) is 0.846. The summed E-state index contributed by atoms with van der Waals surface area (Å²) in [5, 5.41) is 11.3. The van der Waals surface area contributed by atoms with Gasteiger partial charge in [-0.2, -0.15) is 0 Å². The Morgan fingerprint density at radius 1 is 1.13 bits per heavy atom. The third-order valence-corrected chi connectivity index (χ3v) is 4.41. The molecule has 2 aromatic rings. The van der Waals surface area contributed by atoms with Gasteiger partial charge in [0, 0.05) is 44.3 Å². The highest BCUT2D eigenvalue weighted by Crippen LogP contribution is 2.23. The van der Waals surface area contributed by atoms with Crippen LogP contribution >= 0.6 is 0 Å². The van der Waals surface area contributed by atoms with Crippen LogP contribution in [0.4, 0.5) is 0 Å². The van der Waals surface area contributed by atoms with Crippen LogP contribution < -0.4 is 4.74 Å². The second-order valence-corrected chi connectivity index (χ2v) is 6.03. The highest BCUT2D eigenvalue weighted by Gasteiger charge is 2.18. The Morgan fingerprint density at radius 2 is 1.87 bits per heavy atom. The molecular formula is C18H25N3O2. The number of aliphatic hydroxyl groups excluding tert-OH is 1. The first kappa shape index (κ1) is 16.2. The predicted molar refractivity (Wildman–Crippen MR) is 91.8 cm³/mol. The third-order valence-electron chi connectivity index (χ3n) is 4.41. The molecule has 124 valence electrons. The van der Waals surface area contributed by atoms with Crippen molar-refractivity contribution in [2.24, 2.45) is 0 Å².